The van der Waals surface area contributed by atoms with Crippen LogP contribution in [-0.4, -0.2) is 31.7 Å². The van der Waals surface area contributed by atoms with E-state index < -0.39 is 10.9 Å². The molecule has 0 spiro atoms. The van der Waals surface area contributed by atoms with Gasteiger partial charge < -0.3 is 14.2 Å². The lowest BCUT2D eigenvalue weighted by Crippen LogP contribution is -2.08. The summed E-state index contributed by atoms with van der Waals surface area (Å²) in [6.07, 6.45) is 0. The molecule has 0 N–H and O–H groups in total. The molecule has 0 atom stereocenters. The van der Waals surface area contributed by atoms with Crippen LogP contribution >= 0.6 is 0 Å². The standard InChI is InChI=1S/C11H13NO6/c1-4-18-11(13)7-5-8(12(14)15)10(17-3)6-9(7)16-2/h5-6H,4H2,1-3H3. The smallest absolute Gasteiger partial charge is 0.342 e. The molecule has 0 aliphatic heterocycles. The van der Waals surface area contributed by atoms with Crippen LogP contribution in [0.2, 0.25) is 0 Å². The highest BCUT2D eigenvalue weighted by Crippen LogP contribution is 2.34. The third-order valence-corrected chi connectivity index (χ3v) is 2.19. The molecule has 0 saturated heterocycles. The van der Waals surface area contributed by atoms with Crippen LogP contribution in [0, 0.1) is 10.1 Å². The third kappa shape index (κ3) is 2.68. The molecular weight excluding hydrogens is 242 g/mol. The number of nitro groups is 1. The fraction of sp³-hybridized carbons (Fsp3) is 0.364. The Balaban J connectivity index is 3.36. The largest absolute Gasteiger partial charge is 0.496 e. The van der Waals surface area contributed by atoms with E-state index in [4.69, 9.17) is 14.2 Å². The van der Waals surface area contributed by atoms with Crippen molar-refractivity contribution in [2.75, 3.05) is 20.8 Å². The van der Waals surface area contributed by atoms with Crippen LogP contribution in [0.4, 0.5) is 5.69 Å². The van der Waals surface area contributed by atoms with Gasteiger partial charge >= 0.3 is 11.7 Å². The molecule has 0 aliphatic rings. The van der Waals surface area contributed by atoms with Gasteiger partial charge in [0.15, 0.2) is 0 Å². The van der Waals surface area contributed by atoms with Gasteiger partial charge in [-0.15, -0.1) is 0 Å². The number of rotatable bonds is 5. The van der Waals surface area contributed by atoms with Crippen molar-refractivity contribution in [1.82, 2.24) is 0 Å². The molecule has 0 aliphatic carbocycles. The first kappa shape index (κ1) is 13.8. The molecule has 7 nitrogen and oxygen atoms in total. The highest BCUT2D eigenvalue weighted by atomic mass is 16.6. The molecule has 0 amide bonds. The molecule has 0 unspecified atom stereocenters. The number of ether oxygens (including phenoxy) is 3. The van der Waals surface area contributed by atoms with Crippen LogP contribution in [0.1, 0.15) is 17.3 Å². The molecule has 98 valence electrons. The van der Waals surface area contributed by atoms with Gasteiger partial charge in [-0.25, -0.2) is 4.79 Å². The number of methoxy groups -OCH3 is 2. The number of carbonyl (C=O) groups is 1. The van der Waals surface area contributed by atoms with Gasteiger partial charge in [0, 0.05) is 12.1 Å². The van der Waals surface area contributed by atoms with Crippen LogP contribution in [0.3, 0.4) is 0 Å². The monoisotopic (exact) mass is 255 g/mol. The molecule has 0 fully saturated rings. The molecule has 0 heterocycles. The Bertz CT molecular complexity index is 471. The van der Waals surface area contributed by atoms with Crippen LogP contribution in [0.15, 0.2) is 12.1 Å². The van der Waals surface area contributed by atoms with Gasteiger partial charge in [-0.05, 0) is 6.92 Å². The maximum Gasteiger partial charge on any atom is 0.342 e. The van der Waals surface area contributed by atoms with Crippen molar-refractivity contribution < 1.29 is 23.9 Å². The van der Waals surface area contributed by atoms with E-state index >= 15 is 0 Å². The van der Waals surface area contributed by atoms with E-state index in [2.05, 4.69) is 0 Å². The molecule has 1 rings (SSSR count). The van der Waals surface area contributed by atoms with E-state index in [0.29, 0.717) is 0 Å². The normalized spacial score (nSPS) is 9.72. The Kier molecular flexibility index (Phi) is 4.47. The van der Waals surface area contributed by atoms with Crippen molar-refractivity contribution in [2.24, 2.45) is 0 Å². The summed E-state index contributed by atoms with van der Waals surface area (Å²) < 4.78 is 14.7. The maximum atomic E-state index is 11.6. The molecule has 1 aromatic rings. The summed E-state index contributed by atoms with van der Waals surface area (Å²) in [7, 11) is 2.65. The summed E-state index contributed by atoms with van der Waals surface area (Å²) in [5, 5.41) is 10.8. The van der Waals surface area contributed by atoms with Gasteiger partial charge in [0.05, 0.1) is 25.7 Å². The number of nitro benzene ring substituents is 1. The Hall–Kier alpha value is -2.31. The molecule has 7 heteroatoms. The van der Waals surface area contributed by atoms with Crippen molar-refractivity contribution in [2.45, 2.75) is 6.92 Å². The zero-order valence-corrected chi connectivity index (χ0v) is 10.3. The average molecular weight is 255 g/mol. The number of esters is 1. The number of benzene rings is 1. The van der Waals surface area contributed by atoms with Crippen LogP contribution in [0.5, 0.6) is 11.5 Å². The number of carbonyl (C=O) groups excluding carboxylic acids is 1. The summed E-state index contributed by atoms with van der Waals surface area (Å²) in [6.45, 7) is 1.81. The highest BCUT2D eigenvalue weighted by molar-refractivity contribution is 5.94. The first-order valence-electron chi connectivity index (χ1n) is 5.12. The zero-order valence-electron chi connectivity index (χ0n) is 10.3. The molecule has 0 bridgehead atoms. The molecule has 18 heavy (non-hydrogen) atoms. The predicted molar refractivity (Wildman–Crippen MR) is 62.2 cm³/mol. The van der Waals surface area contributed by atoms with Gasteiger partial charge in [0.1, 0.15) is 11.3 Å². The maximum absolute atomic E-state index is 11.6. The van der Waals surface area contributed by atoms with E-state index in [0.717, 1.165) is 6.07 Å². The highest BCUT2D eigenvalue weighted by Gasteiger charge is 2.23. The first-order valence-corrected chi connectivity index (χ1v) is 5.12. The van der Waals surface area contributed by atoms with Crippen molar-refractivity contribution >= 4 is 11.7 Å². The lowest BCUT2D eigenvalue weighted by Gasteiger charge is -2.10. The minimum atomic E-state index is -0.680. The van der Waals surface area contributed by atoms with Gasteiger partial charge in [-0.3, -0.25) is 10.1 Å². The van der Waals surface area contributed by atoms with E-state index in [1.54, 1.807) is 6.92 Å². The molecular formula is C11H13NO6. The second-order valence-electron chi connectivity index (χ2n) is 3.20. The number of hydrogen-bond donors (Lipinski definition) is 0. The fourth-order valence-electron chi connectivity index (χ4n) is 1.39. The second-order valence-corrected chi connectivity index (χ2v) is 3.20. The van der Waals surface area contributed by atoms with Crippen molar-refractivity contribution in [3.05, 3.63) is 27.8 Å². The van der Waals surface area contributed by atoms with E-state index in [9.17, 15) is 14.9 Å². The van der Waals surface area contributed by atoms with Gasteiger partial charge in [-0.1, -0.05) is 0 Å². The minimum absolute atomic E-state index is 0.00755. The van der Waals surface area contributed by atoms with Gasteiger partial charge in [0.2, 0.25) is 5.75 Å². The minimum Gasteiger partial charge on any atom is -0.496 e. The van der Waals surface area contributed by atoms with Crippen molar-refractivity contribution in [1.29, 1.82) is 0 Å². The van der Waals surface area contributed by atoms with E-state index in [1.807, 2.05) is 0 Å². The van der Waals surface area contributed by atoms with Crippen molar-refractivity contribution in [3.8, 4) is 11.5 Å². The summed E-state index contributed by atoms with van der Waals surface area (Å²) in [5.74, 6) is -0.499. The van der Waals surface area contributed by atoms with E-state index in [-0.39, 0.29) is 29.4 Å². The first-order chi connectivity index (χ1) is 8.54. The van der Waals surface area contributed by atoms with Gasteiger partial charge in [-0.2, -0.15) is 0 Å². The number of nitrogens with zero attached hydrogens (tertiary/aromatic N) is 1. The lowest BCUT2D eigenvalue weighted by molar-refractivity contribution is -0.385. The SMILES string of the molecule is CCOC(=O)c1cc([N+](=O)[O-])c(OC)cc1OC. The quantitative estimate of drug-likeness (QED) is 0.452. The third-order valence-electron chi connectivity index (χ3n) is 2.19. The van der Waals surface area contributed by atoms with Crippen LogP contribution in [0.25, 0.3) is 0 Å². The van der Waals surface area contributed by atoms with Crippen LogP contribution < -0.4 is 9.47 Å². The van der Waals surface area contributed by atoms with Crippen LogP contribution in [-0.2, 0) is 4.74 Å². The number of hydrogen-bond acceptors (Lipinski definition) is 6. The average Bonchev–Trinajstić information content (AvgIpc) is 2.37. The fourth-order valence-corrected chi connectivity index (χ4v) is 1.39. The Labute approximate surface area is 103 Å². The summed E-state index contributed by atoms with van der Waals surface area (Å²) in [5.41, 5.74) is -0.326. The van der Waals surface area contributed by atoms with Crippen molar-refractivity contribution in [3.63, 3.8) is 0 Å². The van der Waals surface area contributed by atoms with Gasteiger partial charge in [0.25, 0.3) is 0 Å². The molecule has 0 aromatic heterocycles. The molecule has 0 saturated carbocycles. The summed E-state index contributed by atoms with van der Waals surface area (Å²) in [4.78, 5) is 21.8. The Morgan fingerprint density at radius 1 is 1.28 bits per heavy atom. The second kappa shape index (κ2) is 5.85. The Morgan fingerprint density at radius 3 is 2.33 bits per heavy atom. The predicted octanol–water partition coefficient (Wildman–Crippen LogP) is 1.79. The zero-order chi connectivity index (χ0) is 13.7. The lowest BCUT2D eigenvalue weighted by atomic mass is 10.1. The summed E-state index contributed by atoms with van der Waals surface area (Å²) in [6, 6.07) is 2.36. The van der Waals surface area contributed by atoms with E-state index in [1.165, 1.54) is 20.3 Å². The summed E-state index contributed by atoms with van der Waals surface area (Å²) >= 11 is 0. The Morgan fingerprint density at radius 2 is 1.89 bits per heavy atom. The molecule has 1 aromatic carbocycles. The topological polar surface area (TPSA) is 87.9 Å². The molecule has 0 radical (unpaired) electrons.